The molecule has 12 heteroatoms. The van der Waals surface area contributed by atoms with Gasteiger partial charge >= 0.3 is 12.1 Å². The molecule has 0 aromatic heterocycles. The van der Waals surface area contributed by atoms with Crippen molar-refractivity contribution in [2.75, 3.05) is 0 Å². The Morgan fingerprint density at radius 3 is 2.45 bits per heavy atom. The molecule has 2 unspecified atom stereocenters. The summed E-state index contributed by atoms with van der Waals surface area (Å²) in [6.45, 7) is 0.257. The van der Waals surface area contributed by atoms with Crippen molar-refractivity contribution in [3.05, 3.63) is 34.3 Å². The molecule has 1 aliphatic carbocycles. The maximum Gasteiger partial charge on any atom is 0.491 e. The third-order valence-electron chi connectivity index (χ3n) is 6.11. The number of benzene rings is 1. The molecule has 0 spiro atoms. The van der Waals surface area contributed by atoms with Gasteiger partial charge in [0, 0.05) is 24.5 Å². The molecule has 33 heavy (non-hydrogen) atoms. The highest BCUT2D eigenvalue weighted by molar-refractivity contribution is 6.30. The minimum atomic E-state index is -5.23. The molecule has 1 aliphatic heterocycles. The number of rotatable bonds is 6. The molecule has 8 nitrogen and oxygen atoms in total. The second-order valence-electron chi connectivity index (χ2n) is 8.36. The molecular weight excluding hydrogens is 465 g/mol. The standard InChI is InChI=1S/C21H26ClF3N4O4/c22-14-4-3-12(10-26)13(9-14)11-28-17(30)15-5-6-16(33-19(32)21(23,24)25)29(15)18(31)20(27)7-1-2-8-20/h3-4,9,15-16H,1-2,5-8,10-11,26-27H2,(H,28,30). The monoisotopic (exact) mass is 490 g/mol. The Balaban J connectivity index is 1.80. The molecule has 1 aromatic carbocycles. The number of carbonyl (C=O) groups excluding carboxylic acids is 3. The first-order chi connectivity index (χ1) is 15.5. The summed E-state index contributed by atoms with van der Waals surface area (Å²) in [6, 6.07) is 3.89. The van der Waals surface area contributed by atoms with E-state index in [2.05, 4.69) is 10.1 Å². The summed E-state index contributed by atoms with van der Waals surface area (Å²) in [7, 11) is 0. The van der Waals surface area contributed by atoms with Crippen molar-refractivity contribution in [2.24, 2.45) is 11.5 Å². The molecule has 0 radical (unpaired) electrons. The Kier molecular flexibility index (Phi) is 7.55. The number of nitrogens with one attached hydrogen (secondary N) is 1. The highest BCUT2D eigenvalue weighted by Gasteiger charge is 2.52. The number of ether oxygens (including phenoxy) is 1. The molecule has 1 heterocycles. The van der Waals surface area contributed by atoms with Gasteiger partial charge in [-0.1, -0.05) is 30.5 Å². The summed E-state index contributed by atoms with van der Waals surface area (Å²) in [4.78, 5) is 38.6. The van der Waals surface area contributed by atoms with Crippen LogP contribution in [0.15, 0.2) is 18.2 Å². The number of alkyl halides is 3. The molecule has 0 bridgehead atoms. The third-order valence-corrected chi connectivity index (χ3v) is 6.34. The number of nitrogens with zero attached hydrogens (tertiary/aromatic N) is 1. The first-order valence-electron chi connectivity index (χ1n) is 10.6. The Hall–Kier alpha value is -2.37. The zero-order valence-corrected chi connectivity index (χ0v) is 18.5. The van der Waals surface area contributed by atoms with Crippen LogP contribution in [0.2, 0.25) is 5.02 Å². The molecule has 5 N–H and O–H groups in total. The van der Waals surface area contributed by atoms with Crippen molar-refractivity contribution < 1.29 is 32.3 Å². The minimum absolute atomic E-state index is 0.0166. The van der Waals surface area contributed by atoms with E-state index in [1.54, 1.807) is 18.2 Å². The molecule has 1 aromatic rings. The SMILES string of the molecule is NCc1ccc(Cl)cc1CNC(=O)C1CCC(OC(=O)C(F)(F)F)N1C(=O)C1(N)CCCC1. The van der Waals surface area contributed by atoms with Crippen LogP contribution in [0.5, 0.6) is 0 Å². The highest BCUT2D eigenvalue weighted by atomic mass is 35.5. The normalized spacial score (nSPS) is 22.3. The highest BCUT2D eigenvalue weighted by Crippen LogP contribution is 2.35. The quantitative estimate of drug-likeness (QED) is 0.524. The topological polar surface area (TPSA) is 128 Å². The van der Waals surface area contributed by atoms with Crippen LogP contribution in [-0.4, -0.2) is 46.7 Å². The van der Waals surface area contributed by atoms with Crippen LogP contribution in [0.25, 0.3) is 0 Å². The van der Waals surface area contributed by atoms with Crippen LogP contribution in [0.4, 0.5) is 13.2 Å². The molecule has 2 atom stereocenters. The fourth-order valence-corrected chi connectivity index (χ4v) is 4.55. The van der Waals surface area contributed by atoms with Crippen molar-refractivity contribution in [1.29, 1.82) is 0 Å². The molecule has 3 rings (SSSR count). The van der Waals surface area contributed by atoms with E-state index in [4.69, 9.17) is 23.1 Å². The van der Waals surface area contributed by atoms with E-state index in [1.165, 1.54) is 0 Å². The molecular formula is C21H26ClF3N4O4. The summed E-state index contributed by atoms with van der Waals surface area (Å²) >= 11 is 6.01. The zero-order chi connectivity index (χ0) is 24.4. The fraction of sp³-hybridized carbons (Fsp3) is 0.571. The van der Waals surface area contributed by atoms with Gasteiger partial charge in [-0.15, -0.1) is 0 Å². The minimum Gasteiger partial charge on any atom is -0.435 e. The number of amides is 2. The fourth-order valence-electron chi connectivity index (χ4n) is 4.35. The number of esters is 1. The average molecular weight is 491 g/mol. The van der Waals surface area contributed by atoms with Crippen molar-refractivity contribution in [3.63, 3.8) is 0 Å². The van der Waals surface area contributed by atoms with Gasteiger partial charge in [0.1, 0.15) is 6.04 Å². The number of hydrogen-bond donors (Lipinski definition) is 3. The molecule has 2 fully saturated rings. The summed E-state index contributed by atoms with van der Waals surface area (Å²) in [5.74, 6) is -3.71. The number of hydrogen-bond acceptors (Lipinski definition) is 6. The summed E-state index contributed by atoms with van der Waals surface area (Å²) < 4.78 is 42.9. The smallest absolute Gasteiger partial charge is 0.435 e. The van der Waals surface area contributed by atoms with Gasteiger partial charge in [0.25, 0.3) is 0 Å². The first-order valence-corrected chi connectivity index (χ1v) is 11.0. The molecule has 2 aliphatic rings. The lowest BCUT2D eigenvalue weighted by Crippen LogP contribution is -2.60. The van der Waals surface area contributed by atoms with E-state index in [0.717, 1.165) is 10.5 Å². The summed E-state index contributed by atoms with van der Waals surface area (Å²) in [6.07, 6.45) is -4.84. The van der Waals surface area contributed by atoms with Crippen molar-refractivity contribution in [3.8, 4) is 0 Å². The van der Waals surface area contributed by atoms with Crippen molar-refractivity contribution in [2.45, 2.75) is 75.6 Å². The molecule has 182 valence electrons. The predicted molar refractivity (Wildman–Crippen MR) is 112 cm³/mol. The maximum absolute atomic E-state index is 13.3. The number of nitrogens with two attached hydrogens (primary N) is 2. The summed E-state index contributed by atoms with van der Waals surface area (Å²) in [5.41, 5.74) is 12.0. The molecule has 2 amide bonds. The Labute approximate surface area is 193 Å². The second kappa shape index (κ2) is 9.86. The Morgan fingerprint density at radius 1 is 1.18 bits per heavy atom. The Bertz CT molecular complexity index is 921. The van der Waals surface area contributed by atoms with Gasteiger partial charge in [0.05, 0.1) is 5.54 Å². The van der Waals surface area contributed by atoms with Crippen LogP contribution in [0.3, 0.4) is 0 Å². The van der Waals surface area contributed by atoms with Crippen LogP contribution < -0.4 is 16.8 Å². The lowest BCUT2D eigenvalue weighted by atomic mass is 9.96. The third kappa shape index (κ3) is 5.59. The number of carbonyl (C=O) groups is 3. The molecule has 1 saturated carbocycles. The maximum atomic E-state index is 13.3. The van der Waals surface area contributed by atoms with Gasteiger partial charge in [-0.2, -0.15) is 13.2 Å². The Morgan fingerprint density at radius 2 is 1.85 bits per heavy atom. The predicted octanol–water partition coefficient (Wildman–Crippen LogP) is 2.11. The zero-order valence-electron chi connectivity index (χ0n) is 17.8. The largest absolute Gasteiger partial charge is 0.491 e. The van der Waals surface area contributed by atoms with E-state index >= 15 is 0 Å². The van der Waals surface area contributed by atoms with Gasteiger partial charge in [-0.3, -0.25) is 14.5 Å². The van der Waals surface area contributed by atoms with Gasteiger partial charge in [0.15, 0.2) is 6.23 Å². The van der Waals surface area contributed by atoms with Crippen LogP contribution in [0.1, 0.15) is 49.7 Å². The van der Waals surface area contributed by atoms with Crippen LogP contribution in [0, 0.1) is 0 Å². The number of halogens is 4. The van der Waals surface area contributed by atoms with Crippen molar-refractivity contribution in [1.82, 2.24) is 10.2 Å². The van der Waals surface area contributed by atoms with E-state index in [0.29, 0.717) is 36.3 Å². The van der Waals surface area contributed by atoms with Gasteiger partial charge < -0.3 is 21.5 Å². The van der Waals surface area contributed by atoms with Crippen LogP contribution >= 0.6 is 11.6 Å². The first kappa shape index (κ1) is 25.3. The van der Waals surface area contributed by atoms with E-state index in [-0.39, 0.29) is 25.9 Å². The van der Waals surface area contributed by atoms with Gasteiger partial charge in [-0.25, -0.2) is 4.79 Å². The van der Waals surface area contributed by atoms with E-state index < -0.39 is 41.8 Å². The molecule has 1 saturated heterocycles. The average Bonchev–Trinajstić information content (AvgIpc) is 3.38. The van der Waals surface area contributed by atoms with Gasteiger partial charge in [0.2, 0.25) is 11.8 Å². The van der Waals surface area contributed by atoms with Gasteiger partial charge in [-0.05, 0) is 42.5 Å². The lowest BCUT2D eigenvalue weighted by molar-refractivity contribution is -0.212. The second-order valence-corrected chi connectivity index (χ2v) is 8.80. The van der Waals surface area contributed by atoms with E-state index in [9.17, 15) is 27.6 Å². The van der Waals surface area contributed by atoms with Crippen molar-refractivity contribution >= 4 is 29.4 Å². The number of likely N-dealkylation sites (tertiary alicyclic amines) is 1. The van der Waals surface area contributed by atoms with E-state index in [1.807, 2.05) is 0 Å². The van der Waals surface area contributed by atoms with Crippen LogP contribution in [-0.2, 0) is 32.2 Å². The lowest BCUT2D eigenvalue weighted by Gasteiger charge is -2.35. The summed E-state index contributed by atoms with van der Waals surface area (Å²) in [5, 5.41) is 3.13.